The largest absolute Gasteiger partial charge is 0.457 e. The molecule has 1 aromatic carbocycles. The summed E-state index contributed by atoms with van der Waals surface area (Å²) in [6.07, 6.45) is 3.39. The van der Waals surface area contributed by atoms with Crippen LogP contribution in [0, 0.1) is 0 Å². The van der Waals surface area contributed by atoms with Gasteiger partial charge in [0.25, 0.3) is 0 Å². The lowest BCUT2D eigenvalue weighted by Gasteiger charge is -2.07. The van der Waals surface area contributed by atoms with E-state index in [9.17, 15) is 0 Å². The molecule has 0 radical (unpaired) electrons. The highest BCUT2D eigenvalue weighted by Crippen LogP contribution is 2.31. The highest BCUT2D eigenvalue weighted by molar-refractivity contribution is 7.22. The summed E-state index contributed by atoms with van der Waals surface area (Å²) in [6.45, 7) is 0. The molecular formula is C17H13N5OS. The molecule has 4 N–H and O–H groups in total. The molecule has 6 nitrogen and oxygen atoms in total. The molecule has 0 unspecified atom stereocenters. The van der Waals surface area contributed by atoms with Crippen LogP contribution in [0.5, 0.6) is 11.5 Å². The maximum Gasteiger partial charge on any atom is 0.181 e. The first-order valence-electron chi connectivity index (χ1n) is 7.19. The van der Waals surface area contributed by atoms with Crippen LogP contribution in [-0.2, 0) is 0 Å². The summed E-state index contributed by atoms with van der Waals surface area (Å²) in [5, 5.41) is 0.546. The van der Waals surface area contributed by atoms with Gasteiger partial charge in [-0.05, 0) is 30.3 Å². The van der Waals surface area contributed by atoms with Crippen molar-refractivity contribution in [3.05, 3.63) is 54.9 Å². The van der Waals surface area contributed by atoms with E-state index in [4.69, 9.17) is 16.2 Å². The first-order chi connectivity index (χ1) is 11.7. The predicted molar refractivity (Wildman–Crippen MR) is 96.0 cm³/mol. The van der Waals surface area contributed by atoms with Crippen LogP contribution >= 0.6 is 11.3 Å². The Hall–Kier alpha value is -3.19. The van der Waals surface area contributed by atoms with Crippen LogP contribution in [0.2, 0.25) is 0 Å². The Morgan fingerprint density at radius 1 is 0.917 bits per heavy atom. The minimum atomic E-state index is 0.475. The Kier molecular flexibility index (Phi) is 3.47. The summed E-state index contributed by atoms with van der Waals surface area (Å²) >= 11 is 1.43. The van der Waals surface area contributed by atoms with Crippen LogP contribution < -0.4 is 16.2 Å². The minimum absolute atomic E-state index is 0.475. The topological polar surface area (TPSA) is 99.9 Å². The van der Waals surface area contributed by atoms with Gasteiger partial charge in [0.1, 0.15) is 17.3 Å². The molecule has 0 atom stereocenters. The van der Waals surface area contributed by atoms with Crippen LogP contribution in [0.4, 0.5) is 10.9 Å². The highest BCUT2D eigenvalue weighted by Gasteiger charge is 2.06. The van der Waals surface area contributed by atoms with E-state index in [1.54, 1.807) is 24.5 Å². The second-order valence-electron chi connectivity index (χ2n) is 5.13. The number of thiazole rings is 1. The summed E-state index contributed by atoms with van der Waals surface area (Å²) in [7, 11) is 0. The zero-order valence-electron chi connectivity index (χ0n) is 12.5. The van der Waals surface area contributed by atoms with Gasteiger partial charge in [-0.2, -0.15) is 0 Å². The minimum Gasteiger partial charge on any atom is -0.457 e. The Morgan fingerprint density at radius 3 is 2.62 bits per heavy atom. The first kappa shape index (κ1) is 14.4. The van der Waals surface area contributed by atoms with Crippen molar-refractivity contribution in [3.8, 4) is 22.8 Å². The summed E-state index contributed by atoms with van der Waals surface area (Å²) < 4.78 is 6.92. The fraction of sp³-hybridized carbons (Fsp3) is 0. The standard InChI is InChI=1S/C17H13N5OS/c18-16-4-1-10(9-21-16)14-7-12(5-6-20-14)23-11-2-3-13-15(8-11)24-17(19)22-13/h1-9H,(H2,18,21)(H2,19,22). The molecule has 0 bridgehead atoms. The van der Waals surface area contributed by atoms with Gasteiger partial charge in [0.15, 0.2) is 5.13 Å². The zero-order chi connectivity index (χ0) is 16.5. The third-order valence-corrected chi connectivity index (χ3v) is 4.27. The molecule has 0 saturated carbocycles. The van der Waals surface area contributed by atoms with E-state index < -0.39 is 0 Å². The van der Waals surface area contributed by atoms with E-state index in [0.717, 1.165) is 27.2 Å². The number of ether oxygens (including phenoxy) is 1. The van der Waals surface area contributed by atoms with Crippen molar-refractivity contribution < 1.29 is 4.74 Å². The third kappa shape index (κ3) is 2.84. The van der Waals surface area contributed by atoms with Crippen molar-refractivity contribution >= 4 is 32.5 Å². The van der Waals surface area contributed by atoms with E-state index in [2.05, 4.69) is 15.0 Å². The summed E-state index contributed by atoms with van der Waals surface area (Å²) in [4.78, 5) is 12.7. The van der Waals surface area contributed by atoms with Gasteiger partial charge in [-0.15, -0.1) is 0 Å². The molecule has 118 valence electrons. The molecule has 0 saturated heterocycles. The molecule has 0 aliphatic heterocycles. The SMILES string of the molecule is Nc1ccc(-c2cc(Oc3ccc4nc(N)sc4c3)ccn2)cn1. The lowest BCUT2D eigenvalue weighted by Crippen LogP contribution is -1.91. The number of nitrogens with two attached hydrogens (primary N) is 2. The second-order valence-corrected chi connectivity index (χ2v) is 6.19. The number of rotatable bonds is 3. The number of nitrogen functional groups attached to an aromatic ring is 2. The van der Waals surface area contributed by atoms with Crippen molar-refractivity contribution in [2.75, 3.05) is 11.5 Å². The number of nitrogens with zero attached hydrogens (tertiary/aromatic N) is 3. The van der Waals surface area contributed by atoms with Crippen LogP contribution in [0.1, 0.15) is 0 Å². The van der Waals surface area contributed by atoms with Crippen molar-refractivity contribution in [2.24, 2.45) is 0 Å². The van der Waals surface area contributed by atoms with E-state index in [-0.39, 0.29) is 0 Å². The summed E-state index contributed by atoms with van der Waals surface area (Å²) in [5.74, 6) is 1.88. The molecule has 0 spiro atoms. The van der Waals surface area contributed by atoms with E-state index >= 15 is 0 Å². The van der Waals surface area contributed by atoms with Crippen LogP contribution in [0.15, 0.2) is 54.9 Å². The maximum absolute atomic E-state index is 5.93. The number of hydrogen-bond donors (Lipinski definition) is 2. The lowest BCUT2D eigenvalue weighted by atomic mass is 10.2. The molecule has 0 amide bonds. The molecule has 0 aliphatic carbocycles. The molecular weight excluding hydrogens is 322 g/mol. The van der Waals surface area contributed by atoms with E-state index in [0.29, 0.717) is 16.7 Å². The van der Waals surface area contributed by atoms with Gasteiger partial charge < -0.3 is 16.2 Å². The van der Waals surface area contributed by atoms with Gasteiger partial charge in [0, 0.05) is 30.1 Å². The van der Waals surface area contributed by atoms with Gasteiger partial charge in [-0.3, -0.25) is 4.98 Å². The van der Waals surface area contributed by atoms with Crippen LogP contribution in [0.3, 0.4) is 0 Å². The number of hydrogen-bond acceptors (Lipinski definition) is 7. The highest BCUT2D eigenvalue weighted by atomic mass is 32.1. The Morgan fingerprint density at radius 2 is 1.79 bits per heavy atom. The van der Waals surface area contributed by atoms with Crippen molar-refractivity contribution in [1.29, 1.82) is 0 Å². The van der Waals surface area contributed by atoms with Crippen molar-refractivity contribution in [2.45, 2.75) is 0 Å². The molecule has 24 heavy (non-hydrogen) atoms. The number of aromatic nitrogens is 3. The smallest absolute Gasteiger partial charge is 0.181 e. The van der Waals surface area contributed by atoms with Gasteiger partial charge in [0.2, 0.25) is 0 Å². The maximum atomic E-state index is 5.93. The monoisotopic (exact) mass is 335 g/mol. The number of pyridine rings is 2. The van der Waals surface area contributed by atoms with Gasteiger partial charge >= 0.3 is 0 Å². The molecule has 3 aromatic heterocycles. The number of benzene rings is 1. The average Bonchev–Trinajstić information content (AvgIpc) is 2.95. The molecule has 0 fully saturated rings. The van der Waals surface area contributed by atoms with Crippen LogP contribution in [-0.4, -0.2) is 15.0 Å². The van der Waals surface area contributed by atoms with E-state index in [1.165, 1.54) is 11.3 Å². The quantitative estimate of drug-likeness (QED) is 0.592. The number of anilines is 2. The fourth-order valence-corrected chi connectivity index (χ4v) is 3.07. The van der Waals surface area contributed by atoms with Crippen molar-refractivity contribution in [3.63, 3.8) is 0 Å². The van der Waals surface area contributed by atoms with Gasteiger partial charge in [-0.1, -0.05) is 11.3 Å². The zero-order valence-corrected chi connectivity index (χ0v) is 13.3. The van der Waals surface area contributed by atoms with Gasteiger partial charge in [0.05, 0.1) is 15.9 Å². The number of fused-ring (bicyclic) bond motifs is 1. The Labute approximate surface area is 141 Å². The Bertz CT molecular complexity index is 1010. The second kappa shape index (κ2) is 5.78. The van der Waals surface area contributed by atoms with Crippen molar-refractivity contribution in [1.82, 2.24) is 15.0 Å². The fourth-order valence-electron chi connectivity index (χ4n) is 2.31. The summed E-state index contributed by atoms with van der Waals surface area (Å²) in [6, 6.07) is 13.0. The molecule has 4 aromatic rings. The Balaban J connectivity index is 1.63. The molecule has 4 rings (SSSR count). The van der Waals surface area contributed by atoms with Gasteiger partial charge in [-0.25, -0.2) is 9.97 Å². The molecule has 7 heteroatoms. The third-order valence-electron chi connectivity index (χ3n) is 3.43. The summed E-state index contributed by atoms with van der Waals surface area (Å²) in [5.41, 5.74) is 13.9. The predicted octanol–water partition coefficient (Wildman–Crippen LogP) is 3.71. The van der Waals surface area contributed by atoms with E-state index in [1.807, 2.05) is 30.3 Å². The first-order valence-corrected chi connectivity index (χ1v) is 8.01. The average molecular weight is 335 g/mol. The normalized spacial score (nSPS) is 10.8. The van der Waals surface area contributed by atoms with Crippen LogP contribution in [0.25, 0.3) is 21.5 Å². The molecule has 3 heterocycles. The lowest BCUT2D eigenvalue weighted by molar-refractivity contribution is 0.483. The molecule has 0 aliphatic rings.